The van der Waals surface area contributed by atoms with Crippen molar-refractivity contribution < 1.29 is 31.3 Å². The molecule has 0 fully saturated rings. The van der Waals surface area contributed by atoms with Crippen LogP contribution >= 0.6 is 0 Å². The lowest BCUT2D eigenvalue weighted by Gasteiger charge is -2.16. The highest BCUT2D eigenvalue weighted by atomic mass is 32.2. The largest absolute Gasteiger partial charge is 0.489 e. The van der Waals surface area contributed by atoms with Gasteiger partial charge in [0.05, 0.1) is 6.04 Å². The number of benzene rings is 3. The van der Waals surface area contributed by atoms with Crippen molar-refractivity contribution in [1.29, 1.82) is 0 Å². The third-order valence-corrected chi connectivity index (χ3v) is 5.69. The Bertz CT molecular complexity index is 1280. The fraction of sp³-hybridized carbons (Fsp3) is 0.240. The third-order valence-electron chi connectivity index (χ3n) is 5.18. The molecular formula is C25H26F2N2O5S. The predicted octanol–water partition coefficient (Wildman–Crippen LogP) is 3.57. The maximum absolute atomic E-state index is 14.0. The molecule has 0 bridgehead atoms. The van der Waals surface area contributed by atoms with Crippen molar-refractivity contribution in [2.75, 3.05) is 5.88 Å². The molecule has 3 aromatic rings. The maximum atomic E-state index is 14.0. The zero-order valence-electron chi connectivity index (χ0n) is 19.0. The standard InChI is InChI=1S/C25H26F2N2O5S/c1-17(25(30)29-16-35(31,32)33)28-14-19-9-10-24(34-15-20-6-2-3-8-23(20)27)21(12-19)11-18-5-4-7-22(26)13-18/h2-10,12-13,17,28H,11,14-16H2,1H3,(H,29,30)(H,31,32,33)/t17-/m1/s1. The highest BCUT2D eigenvalue weighted by Crippen LogP contribution is 2.25. The molecule has 0 radical (unpaired) electrons. The van der Waals surface area contributed by atoms with Gasteiger partial charge in [0.25, 0.3) is 10.1 Å². The van der Waals surface area contributed by atoms with Gasteiger partial charge in [-0.1, -0.05) is 42.5 Å². The Balaban J connectivity index is 1.74. The van der Waals surface area contributed by atoms with E-state index < -0.39 is 27.9 Å². The quantitative estimate of drug-likeness (QED) is 0.345. The zero-order valence-corrected chi connectivity index (χ0v) is 19.8. The molecule has 0 aromatic heterocycles. The fourth-order valence-electron chi connectivity index (χ4n) is 3.34. The van der Waals surface area contributed by atoms with E-state index in [1.54, 1.807) is 49.4 Å². The molecule has 3 rings (SSSR count). The molecule has 0 aliphatic carbocycles. The molecule has 0 saturated heterocycles. The molecule has 3 aromatic carbocycles. The summed E-state index contributed by atoms with van der Waals surface area (Å²) in [4.78, 5) is 12.0. The van der Waals surface area contributed by atoms with Crippen LogP contribution in [-0.2, 0) is 34.5 Å². The predicted molar refractivity (Wildman–Crippen MR) is 127 cm³/mol. The second kappa shape index (κ2) is 11.9. The lowest BCUT2D eigenvalue weighted by atomic mass is 10.0. The van der Waals surface area contributed by atoms with E-state index in [0.29, 0.717) is 17.7 Å². The van der Waals surface area contributed by atoms with Crippen LogP contribution in [0, 0.1) is 11.6 Å². The summed E-state index contributed by atoms with van der Waals surface area (Å²) in [5, 5.41) is 5.11. The molecule has 0 aliphatic rings. The molecule has 7 nitrogen and oxygen atoms in total. The molecule has 35 heavy (non-hydrogen) atoms. The zero-order chi connectivity index (χ0) is 25.4. The number of ether oxygens (including phenoxy) is 1. The average molecular weight is 505 g/mol. The van der Waals surface area contributed by atoms with Crippen LogP contribution in [0.15, 0.2) is 66.7 Å². The number of carbonyl (C=O) groups is 1. The Kier molecular flexibility index (Phi) is 8.91. The molecule has 0 aliphatic heterocycles. The van der Waals surface area contributed by atoms with Gasteiger partial charge in [-0.25, -0.2) is 8.78 Å². The van der Waals surface area contributed by atoms with Crippen molar-refractivity contribution in [3.8, 4) is 5.75 Å². The van der Waals surface area contributed by atoms with Crippen LogP contribution in [-0.4, -0.2) is 30.8 Å². The van der Waals surface area contributed by atoms with Crippen LogP contribution in [0.4, 0.5) is 8.78 Å². The van der Waals surface area contributed by atoms with Crippen LogP contribution in [0.5, 0.6) is 5.75 Å². The van der Waals surface area contributed by atoms with Crippen molar-refractivity contribution in [2.24, 2.45) is 0 Å². The topological polar surface area (TPSA) is 105 Å². The van der Waals surface area contributed by atoms with Crippen molar-refractivity contribution in [1.82, 2.24) is 10.6 Å². The van der Waals surface area contributed by atoms with Crippen molar-refractivity contribution in [2.45, 2.75) is 32.5 Å². The summed E-state index contributed by atoms with van der Waals surface area (Å²) in [5.41, 5.74) is 2.67. The van der Waals surface area contributed by atoms with E-state index in [2.05, 4.69) is 10.6 Å². The number of hydrogen-bond donors (Lipinski definition) is 3. The highest BCUT2D eigenvalue weighted by molar-refractivity contribution is 7.85. The van der Waals surface area contributed by atoms with Crippen LogP contribution in [0.25, 0.3) is 0 Å². The monoisotopic (exact) mass is 504 g/mol. The summed E-state index contributed by atoms with van der Waals surface area (Å²) in [7, 11) is -4.32. The molecule has 0 saturated carbocycles. The number of halogens is 2. The summed E-state index contributed by atoms with van der Waals surface area (Å²) in [6, 6.07) is 17.1. The van der Waals surface area contributed by atoms with E-state index in [0.717, 1.165) is 16.7 Å². The van der Waals surface area contributed by atoms with Gasteiger partial charge in [0.2, 0.25) is 5.91 Å². The maximum Gasteiger partial charge on any atom is 0.283 e. The van der Waals surface area contributed by atoms with Gasteiger partial charge < -0.3 is 15.4 Å². The molecule has 0 unspecified atom stereocenters. The minimum Gasteiger partial charge on any atom is -0.489 e. The minimum absolute atomic E-state index is 0.0192. The van der Waals surface area contributed by atoms with E-state index in [4.69, 9.17) is 9.29 Å². The molecule has 1 atom stereocenters. The third kappa shape index (κ3) is 8.43. The van der Waals surface area contributed by atoms with E-state index in [-0.39, 0.29) is 24.8 Å². The summed E-state index contributed by atoms with van der Waals surface area (Å²) in [6.45, 7) is 1.84. The van der Waals surface area contributed by atoms with Crippen molar-refractivity contribution >= 4 is 16.0 Å². The van der Waals surface area contributed by atoms with Gasteiger partial charge in [0.15, 0.2) is 0 Å². The number of carbonyl (C=O) groups excluding carboxylic acids is 1. The smallest absolute Gasteiger partial charge is 0.283 e. The first-order valence-electron chi connectivity index (χ1n) is 10.8. The van der Waals surface area contributed by atoms with Gasteiger partial charge in [-0.3, -0.25) is 9.35 Å². The molecule has 0 spiro atoms. The fourth-order valence-corrected chi connectivity index (χ4v) is 3.66. The Morgan fingerprint density at radius 3 is 2.49 bits per heavy atom. The summed E-state index contributed by atoms with van der Waals surface area (Å²) in [5.74, 6) is -1.68. The average Bonchev–Trinajstić information content (AvgIpc) is 2.81. The van der Waals surface area contributed by atoms with E-state index in [9.17, 15) is 22.0 Å². The van der Waals surface area contributed by atoms with Crippen molar-refractivity contribution in [3.63, 3.8) is 0 Å². The summed E-state index contributed by atoms with van der Waals surface area (Å²) >= 11 is 0. The molecule has 186 valence electrons. The highest BCUT2D eigenvalue weighted by Gasteiger charge is 2.15. The van der Waals surface area contributed by atoms with Crippen LogP contribution < -0.4 is 15.4 Å². The minimum atomic E-state index is -4.32. The number of rotatable bonds is 11. The molecular weight excluding hydrogens is 478 g/mol. The normalized spacial score (nSPS) is 12.2. The van der Waals surface area contributed by atoms with Crippen LogP contribution in [0.2, 0.25) is 0 Å². The van der Waals surface area contributed by atoms with E-state index >= 15 is 0 Å². The Hall–Kier alpha value is -3.34. The second-order valence-corrected chi connectivity index (χ2v) is 9.45. The molecule has 1 amide bonds. The van der Waals surface area contributed by atoms with Gasteiger partial charge in [-0.05, 0) is 47.9 Å². The number of nitrogens with one attached hydrogen (secondary N) is 2. The lowest BCUT2D eigenvalue weighted by molar-refractivity contribution is -0.122. The second-order valence-electron chi connectivity index (χ2n) is 8.00. The molecule has 0 heterocycles. The summed E-state index contributed by atoms with van der Waals surface area (Å²) in [6.07, 6.45) is 0.364. The number of amides is 1. The Morgan fingerprint density at radius 1 is 1.00 bits per heavy atom. The molecule has 10 heteroatoms. The summed E-state index contributed by atoms with van der Waals surface area (Å²) < 4.78 is 64.0. The van der Waals surface area contributed by atoms with E-state index in [1.165, 1.54) is 18.2 Å². The lowest BCUT2D eigenvalue weighted by Crippen LogP contribution is -2.43. The van der Waals surface area contributed by atoms with Gasteiger partial charge in [-0.2, -0.15) is 8.42 Å². The van der Waals surface area contributed by atoms with Crippen LogP contribution in [0.3, 0.4) is 0 Å². The Labute approximate surface area is 202 Å². The van der Waals surface area contributed by atoms with Gasteiger partial charge in [-0.15, -0.1) is 0 Å². The van der Waals surface area contributed by atoms with Gasteiger partial charge in [0, 0.05) is 18.5 Å². The SMILES string of the molecule is C[C@@H](NCc1ccc(OCc2ccccc2F)c(Cc2cccc(F)c2)c1)C(=O)NCS(=O)(=O)O. The first-order chi connectivity index (χ1) is 16.6. The molecule has 3 N–H and O–H groups in total. The van der Waals surface area contributed by atoms with E-state index in [1.807, 2.05) is 6.07 Å². The van der Waals surface area contributed by atoms with Gasteiger partial charge in [0.1, 0.15) is 29.9 Å². The Morgan fingerprint density at radius 2 is 1.77 bits per heavy atom. The van der Waals surface area contributed by atoms with Crippen molar-refractivity contribution in [3.05, 3.63) is 101 Å². The number of hydrogen-bond acceptors (Lipinski definition) is 5. The van der Waals surface area contributed by atoms with Gasteiger partial charge >= 0.3 is 0 Å². The van der Waals surface area contributed by atoms with Crippen LogP contribution in [0.1, 0.15) is 29.2 Å². The first-order valence-corrected chi connectivity index (χ1v) is 12.4. The first kappa shape index (κ1) is 26.3.